The summed E-state index contributed by atoms with van der Waals surface area (Å²) in [5.41, 5.74) is 0. The van der Waals surface area contributed by atoms with E-state index in [-0.39, 0.29) is 21.6 Å². The van der Waals surface area contributed by atoms with Crippen molar-refractivity contribution in [1.82, 2.24) is 0 Å². The molecule has 0 heterocycles. The van der Waals surface area contributed by atoms with E-state index in [1.54, 1.807) is 60.7 Å². The number of benzene rings is 2. The zero-order valence-electron chi connectivity index (χ0n) is 12.2. The predicted octanol–water partition coefficient (Wildman–Crippen LogP) is 4.20. The molecule has 0 atom stereocenters. The number of ketones is 2. The molecule has 0 radical (unpaired) electrons. The van der Waals surface area contributed by atoms with Gasteiger partial charge in [0.2, 0.25) is 11.6 Å². The van der Waals surface area contributed by atoms with E-state index in [4.69, 9.17) is 32.7 Å². The summed E-state index contributed by atoms with van der Waals surface area (Å²) in [5, 5.41) is -0.752. The summed E-state index contributed by atoms with van der Waals surface area (Å²) in [6, 6.07) is 17.0. The maximum atomic E-state index is 12.4. The first kappa shape index (κ1) is 16.3. The molecule has 0 saturated carbocycles. The summed E-state index contributed by atoms with van der Waals surface area (Å²) in [6.07, 6.45) is 0. The van der Waals surface area contributed by atoms with Crippen LogP contribution < -0.4 is 9.47 Å². The molecule has 2 aromatic rings. The third-order valence-electron chi connectivity index (χ3n) is 3.14. The normalized spacial score (nSPS) is 14.9. The molecule has 0 spiro atoms. The fourth-order valence-corrected chi connectivity index (χ4v) is 2.42. The highest BCUT2D eigenvalue weighted by Gasteiger charge is 2.36. The van der Waals surface area contributed by atoms with Crippen LogP contribution in [0.15, 0.2) is 82.2 Å². The Morgan fingerprint density at radius 1 is 0.583 bits per heavy atom. The van der Waals surface area contributed by atoms with Crippen LogP contribution in [-0.4, -0.2) is 11.6 Å². The average Bonchev–Trinajstić information content (AvgIpc) is 2.62. The Kier molecular flexibility index (Phi) is 4.69. The number of carbonyl (C=O) groups excluding carboxylic acids is 2. The first-order valence-electron chi connectivity index (χ1n) is 6.92. The fourth-order valence-electron chi connectivity index (χ4n) is 2.00. The highest BCUT2D eigenvalue weighted by atomic mass is 35.5. The summed E-state index contributed by atoms with van der Waals surface area (Å²) in [5.74, 6) is -1.34. The number of allylic oxidation sites excluding steroid dienone is 2. The summed E-state index contributed by atoms with van der Waals surface area (Å²) < 4.78 is 10.8. The van der Waals surface area contributed by atoms with Crippen LogP contribution in [0.25, 0.3) is 0 Å². The van der Waals surface area contributed by atoms with Gasteiger partial charge in [-0.25, -0.2) is 0 Å². The zero-order valence-corrected chi connectivity index (χ0v) is 13.7. The van der Waals surface area contributed by atoms with Crippen LogP contribution in [0.5, 0.6) is 11.5 Å². The van der Waals surface area contributed by atoms with Gasteiger partial charge in [-0.2, -0.15) is 0 Å². The van der Waals surface area contributed by atoms with Crippen molar-refractivity contribution in [2.24, 2.45) is 0 Å². The summed E-state index contributed by atoms with van der Waals surface area (Å²) in [7, 11) is 0. The van der Waals surface area contributed by atoms with Crippen LogP contribution in [-0.2, 0) is 9.59 Å². The van der Waals surface area contributed by atoms with E-state index < -0.39 is 11.6 Å². The lowest BCUT2D eigenvalue weighted by atomic mass is 10.1. The van der Waals surface area contributed by atoms with Gasteiger partial charge in [-0.3, -0.25) is 9.59 Å². The van der Waals surface area contributed by atoms with Crippen LogP contribution in [0.4, 0.5) is 0 Å². The molecule has 2 aromatic carbocycles. The lowest BCUT2D eigenvalue weighted by Gasteiger charge is -2.18. The van der Waals surface area contributed by atoms with Crippen molar-refractivity contribution in [2.45, 2.75) is 0 Å². The standard InChI is InChI=1S/C18H10Cl2O4/c19-13-16(22)18(24-12-9-5-2-6-10-12)14(20)15(21)17(13)23-11-7-3-1-4-8-11/h1-10H. The molecule has 0 amide bonds. The second kappa shape index (κ2) is 6.91. The molecule has 24 heavy (non-hydrogen) atoms. The number of halogens is 2. The van der Waals surface area contributed by atoms with Crippen molar-refractivity contribution < 1.29 is 19.1 Å². The predicted molar refractivity (Wildman–Crippen MR) is 89.9 cm³/mol. The van der Waals surface area contributed by atoms with Gasteiger partial charge in [0.15, 0.2) is 11.5 Å². The van der Waals surface area contributed by atoms with Gasteiger partial charge < -0.3 is 9.47 Å². The first-order valence-corrected chi connectivity index (χ1v) is 7.68. The van der Waals surface area contributed by atoms with Crippen molar-refractivity contribution in [3.05, 3.63) is 82.2 Å². The van der Waals surface area contributed by atoms with E-state index in [1.807, 2.05) is 0 Å². The van der Waals surface area contributed by atoms with Gasteiger partial charge in [0.25, 0.3) is 0 Å². The molecule has 0 fully saturated rings. The van der Waals surface area contributed by atoms with Crippen LogP contribution >= 0.6 is 23.2 Å². The SMILES string of the molecule is O=C1C(Cl)=C(Oc2ccccc2)C(=O)C(Cl)=C1Oc1ccccc1. The van der Waals surface area contributed by atoms with Crippen molar-refractivity contribution in [2.75, 3.05) is 0 Å². The van der Waals surface area contributed by atoms with Crippen molar-refractivity contribution in [3.8, 4) is 11.5 Å². The Balaban J connectivity index is 1.91. The topological polar surface area (TPSA) is 52.6 Å². The van der Waals surface area contributed by atoms with Crippen LogP contribution in [0.3, 0.4) is 0 Å². The maximum Gasteiger partial charge on any atom is 0.245 e. The number of Topliss-reactive ketones (excluding diaryl/α,β-unsaturated/α-hetero) is 2. The van der Waals surface area contributed by atoms with Crippen LogP contribution in [0.1, 0.15) is 0 Å². The van der Waals surface area contributed by atoms with E-state index in [2.05, 4.69) is 0 Å². The van der Waals surface area contributed by atoms with E-state index in [0.717, 1.165) is 0 Å². The maximum absolute atomic E-state index is 12.4. The Hall–Kier alpha value is -2.56. The minimum Gasteiger partial charge on any atom is -0.451 e. The lowest BCUT2D eigenvalue weighted by Crippen LogP contribution is -2.25. The average molecular weight is 361 g/mol. The highest BCUT2D eigenvalue weighted by molar-refractivity contribution is 6.55. The fraction of sp³-hybridized carbons (Fsp3) is 0. The number of carbonyl (C=O) groups is 2. The molecule has 0 N–H and O–H groups in total. The quantitative estimate of drug-likeness (QED) is 0.766. The third kappa shape index (κ3) is 3.20. The summed E-state index contributed by atoms with van der Waals surface area (Å²) in [6.45, 7) is 0. The summed E-state index contributed by atoms with van der Waals surface area (Å²) >= 11 is 12.0. The molecule has 4 nitrogen and oxygen atoms in total. The molecule has 6 heteroatoms. The molecule has 1 aliphatic carbocycles. The first-order chi connectivity index (χ1) is 11.6. The second-order valence-corrected chi connectivity index (χ2v) is 5.53. The van der Waals surface area contributed by atoms with Gasteiger partial charge in [-0.05, 0) is 24.3 Å². The van der Waals surface area contributed by atoms with Gasteiger partial charge >= 0.3 is 0 Å². The lowest BCUT2D eigenvalue weighted by molar-refractivity contribution is -0.118. The monoisotopic (exact) mass is 360 g/mol. The number of hydrogen-bond donors (Lipinski definition) is 0. The Bertz CT molecular complexity index is 782. The van der Waals surface area contributed by atoms with Crippen molar-refractivity contribution in [3.63, 3.8) is 0 Å². The third-order valence-corrected chi connectivity index (χ3v) is 3.82. The van der Waals surface area contributed by atoms with Crippen LogP contribution in [0, 0.1) is 0 Å². The number of para-hydroxylation sites is 2. The molecule has 3 rings (SSSR count). The molecule has 0 unspecified atom stereocenters. The summed E-state index contributed by atoms with van der Waals surface area (Å²) in [4.78, 5) is 24.8. The van der Waals surface area contributed by atoms with Gasteiger partial charge in [-0.15, -0.1) is 0 Å². The van der Waals surface area contributed by atoms with Gasteiger partial charge in [-0.1, -0.05) is 59.6 Å². The molecule has 0 aromatic heterocycles. The molecule has 0 saturated heterocycles. The van der Waals surface area contributed by atoms with Gasteiger partial charge in [0.1, 0.15) is 21.6 Å². The second-order valence-electron chi connectivity index (χ2n) is 4.77. The molecular formula is C18H10Cl2O4. The Labute approximate surface area is 147 Å². The van der Waals surface area contributed by atoms with E-state index >= 15 is 0 Å². The minimum atomic E-state index is -0.712. The van der Waals surface area contributed by atoms with Crippen molar-refractivity contribution in [1.29, 1.82) is 0 Å². The van der Waals surface area contributed by atoms with Crippen LogP contribution in [0.2, 0.25) is 0 Å². The largest absolute Gasteiger partial charge is 0.451 e. The molecule has 0 bridgehead atoms. The number of rotatable bonds is 4. The Morgan fingerprint density at radius 3 is 1.25 bits per heavy atom. The minimum absolute atomic E-state index is 0.321. The van der Waals surface area contributed by atoms with E-state index in [9.17, 15) is 9.59 Å². The van der Waals surface area contributed by atoms with E-state index in [0.29, 0.717) is 11.5 Å². The van der Waals surface area contributed by atoms with Gasteiger partial charge in [0, 0.05) is 0 Å². The zero-order chi connectivity index (χ0) is 17.1. The molecule has 1 aliphatic rings. The smallest absolute Gasteiger partial charge is 0.245 e. The molecular weight excluding hydrogens is 351 g/mol. The van der Waals surface area contributed by atoms with E-state index in [1.165, 1.54) is 0 Å². The Morgan fingerprint density at radius 2 is 0.917 bits per heavy atom. The highest BCUT2D eigenvalue weighted by Crippen LogP contribution is 2.32. The molecule has 0 aliphatic heterocycles. The van der Waals surface area contributed by atoms with Gasteiger partial charge in [0.05, 0.1) is 0 Å². The van der Waals surface area contributed by atoms with Crippen molar-refractivity contribution >= 4 is 34.8 Å². The number of hydrogen-bond acceptors (Lipinski definition) is 4. The molecule has 120 valence electrons. The number of ether oxygens (including phenoxy) is 2.